The van der Waals surface area contributed by atoms with Crippen LogP contribution in [0.5, 0.6) is 0 Å². The second-order valence-corrected chi connectivity index (χ2v) is 8.71. The van der Waals surface area contributed by atoms with Gasteiger partial charge in [0.15, 0.2) is 5.60 Å². The standard InChI is InChI=1S/C23H24N4O2S/c28-22-23(29-10-9-27(22)13-18-6-11-30-16-18)17-26(14-20-5-1-2-8-25-20)15-21(23)19-4-3-7-24-12-19/h1-8,11-12,16,21H,9-10,13-15,17H2/t21-,23-/m0/s1. The van der Waals surface area contributed by atoms with Crippen LogP contribution in [0.3, 0.4) is 0 Å². The molecule has 7 heteroatoms. The number of ether oxygens (including phenoxy) is 1. The smallest absolute Gasteiger partial charge is 0.257 e. The van der Waals surface area contributed by atoms with Crippen molar-refractivity contribution in [1.29, 1.82) is 0 Å². The molecule has 0 N–H and O–H groups in total. The average Bonchev–Trinajstić information content (AvgIpc) is 3.41. The zero-order valence-electron chi connectivity index (χ0n) is 16.7. The number of rotatable bonds is 5. The van der Waals surface area contributed by atoms with Crippen molar-refractivity contribution >= 4 is 17.2 Å². The summed E-state index contributed by atoms with van der Waals surface area (Å²) in [6.45, 7) is 3.79. The third-order valence-electron chi connectivity index (χ3n) is 5.98. The number of carbonyl (C=O) groups excluding carboxylic acids is 1. The first kappa shape index (κ1) is 19.4. The molecule has 30 heavy (non-hydrogen) atoms. The fourth-order valence-corrected chi connectivity index (χ4v) is 5.26. The van der Waals surface area contributed by atoms with E-state index >= 15 is 0 Å². The van der Waals surface area contributed by atoms with Gasteiger partial charge in [0.25, 0.3) is 5.91 Å². The van der Waals surface area contributed by atoms with Crippen molar-refractivity contribution in [1.82, 2.24) is 19.8 Å². The number of pyridine rings is 2. The molecule has 0 radical (unpaired) electrons. The van der Waals surface area contributed by atoms with E-state index in [1.165, 1.54) is 5.56 Å². The van der Waals surface area contributed by atoms with Gasteiger partial charge in [0.05, 0.1) is 12.3 Å². The van der Waals surface area contributed by atoms with E-state index in [-0.39, 0.29) is 11.8 Å². The second-order valence-electron chi connectivity index (χ2n) is 7.93. The molecule has 3 aromatic heterocycles. The maximum atomic E-state index is 13.8. The minimum absolute atomic E-state index is 0.0623. The number of carbonyl (C=O) groups is 1. The zero-order chi connectivity index (χ0) is 20.4. The Labute approximate surface area is 180 Å². The fraction of sp³-hybridized carbons (Fsp3) is 0.348. The van der Waals surface area contributed by atoms with Crippen molar-refractivity contribution in [2.24, 2.45) is 0 Å². The summed E-state index contributed by atoms with van der Waals surface area (Å²) >= 11 is 1.66. The number of hydrogen-bond acceptors (Lipinski definition) is 6. The lowest BCUT2D eigenvalue weighted by Gasteiger charge is -2.42. The number of amides is 1. The molecule has 0 aromatic carbocycles. The predicted molar refractivity (Wildman–Crippen MR) is 115 cm³/mol. The zero-order valence-corrected chi connectivity index (χ0v) is 17.5. The Bertz CT molecular complexity index is 983. The van der Waals surface area contributed by atoms with Crippen LogP contribution in [0.25, 0.3) is 0 Å². The van der Waals surface area contributed by atoms with Crippen LogP contribution >= 0.6 is 11.3 Å². The first-order chi connectivity index (χ1) is 14.7. The summed E-state index contributed by atoms with van der Waals surface area (Å²) in [4.78, 5) is 26.8. The Morgan fingerprint density at radius 3 is 2.90 bits per heavy atom. The van der Waals surface area contributed by atoms with Gasteiger partial charge in [0, 0.05) is 57.2 Å². The lowest BCUT2D eigenvalue weighted by molar-refractivity contribution is -0.173. The molecule has 3 aromatic rings. The van der Waals surface area contributed by atoms with Gasteiger partial charge >= 0.3 is 0 Å². The Morgan fingerprint density at radius 2 is 2.13 bits per heavy atom. The molecule has 0 saturated carbocycles. The summed E-state index contributed by atoms with van der Waals surface area (Å²) in [7, 11) is 0. The average molecular weight is 421 g/mol. The summed E-state index contributed by atoms with van der Waals surface area (Å²) in [5, 5.41) is 4.16. The van der Waals surface area contributed by atoms with Crippen LogP contribution in [0.4, 0.5) is 0 Å². The molecule has 5 heterocycles. The van der Waals surface area contributed by atoms with Crippen LogP contribution in [0.1, 0.15) is 22.7 Å². The molecular formula is C23H24N4O2S. The highest BCUT2D eigenvalue weighted by Gasteiger charge is 2.57. The normalized spacial score (nSPS) is 24.6. The van der Waals surface area contributed by atoms with Gasteiger partial charge in [0.1, 0.15) is 0 Å². The Hall–Kier alpha value is -2.61. The number of likely N-dealkylation sites (tertiary alicyclic amines) is 1. The van der Waals surface area contributed by atoms with Crippen molar-refractivity contribution in [2.45, 2.75) is 24.6 Å². The quantitative estimate of drug-likeness (QED) is 0.635. The monoisotopic (exact) mass is 420 g/mol. The molecule has 0 unspecified atom stereocenters. The van der Waals surface area contributed by atoms with Crippen LogP contribution in [0.15, 0.2) is 65.7 Å². The molecule has 2 aliphatic heterocycles. The van der Waals surface area contributed by atoms with Crippen molar-refractivity contribution in [3.8, 4) is 0 Å². The molecule has 0 aliphatic carbocycles. The molecular weight excluding hydrogens is 396 g/mol. The van der Waals surface area contributed by atoms with Gasteiger partial charge in [-0.2, -0.15) is 11.3 Å². The van der Waals surface area contributed by atoms with E-state index in [0.29, 0.717) is 32.8 Å². The molecule has 2 saturated heterocycles. The Morgan fingerprint density at radius 1 is 1.17 bits per heavy atom. The van der Waals surface area contributed by atoms with Gasteiger partial charge in [-0.15, -0.1) is 0 Å². The number of thiophene rings is 1. The number of morpholine rings is 1. The molecule has 1 amide bonds. The summed E-state index contributed by atoms with van der Waals surface area (Å²) in [5.41, 5.74) is 2.34. The molecule has 0 bridgehead atoms. The molecule has 1 spiro atoms. The summed E-state index contributed by atoms with van der Waals surface area (Å²) in [6.07, 6.45) is 5.44. The third-order valence-corrected chi connectivity index (χ3v) is 6.72. The third kappa shape index (κ3) is 3.64. The fourth-order valence-electron chi connectivity index (χ4n) is 4.60. The van der Waals surface area contributed by atoms with E-state index in [1.807, 2.05) is 41.6 Å². The maximum Gasteiger partial charge on any atom is 0.257 e. The first-order valence-corrected chi connectivity index (χ1v) is 11.2. The highest BCUT2D eigenvalue weighted by Crippen LogP contribution is 2.42. The van der Waals surface area contributed by atoms with Gasteiger partial charge in [-0.05, 0) is 46.2 Å². The molecule has 5 rings (SSSR count). The van der Waals surface area contributed by atoms with Crippen molar-refractivity contribution < 1.29 is 9.53 Å². The summed E-state index contributed by atoms with van der Waals surface area (Å²) in [5.74, 6) is 0.0185. The van der Waals surface area contributed by atoms with E-state index in [2.05, 4.69) is 37.8 Å². The van der Waals surface area contributed by atoms with E-state index < -0.39 is 5.60 Å². The molecule has 2 aliphatic rings. The van der Waals surface area contributed by atoms with E-state index in [9.17, 15) is 4.79 Å². The number of hydrogen-bond donors (Lipinski definition) is 0. The van der Waals surface area contributed by atoms with Crippen LogP contribution in [0.2, 0.25) is 0 Å². The molecule has 2 atom stereocenters. The topological polar surface area (TPSA) is 58.6 Å². The van der Waals surface area contributed by atoms with Crippen molar-refractivity contribution in [3.05, 3.63) is 82.6 Å². The van der Waals surface area contributed by atoms with Crippen molar-refractivity contribution in [3.63, 3.8) is 0 Å². The predicted octanol–water partition coefficient (Wildman–Crippen LogP) is 2.94. The lowest BCUT2D eigenvalue weighted by atomic mass is 9.83. The Balaban J connectivity index is 1.45. The number of aromatic nitrogens is 2. The molecule has 6 nitrogen and oxygen atoms in total. The van der Waals surface area contributed by atoms with Crippen molar-refractivity contribution in [2.75, 3.05) is 26.2 Å². The van der Waals surface area contributed by atoms with Gasteiger partial charge < -0.3 is 9.64 Å². The Kier molecular flexibility index (Phi) is 5.33. The van der Waals surface area contributed by atoms with Gasteiger partial charge in [-0.3, -0.25) is 19.7 Å². The molecule has 2 fully saturated rings. The minimum Gasteiger partial charge on any atom is -0.361 e. The van der Waals surface area contributed by atoms with Crippen LogP contribution in [-0.4, -0.2) is 57.5 Å². The van der Waals surface area contributed by atoms with Crippen LogP contribution < -0.4 is 0 Å². The SMILES string of the molecule is O=C1N(Cc2ccsc2)CCO[C@]12CN(Cc1ccccn1)C[C@H]2c1cccnc1. The van der Waals surface area contributed by atoms with Crippen LogP contribution in [-0.2, 0) is 22.6 Å². The maximum absolute atomic E-state index is 13.8. The lowest BCUT2D eigenvalue weighted by Crippen LogP contribution is -2.59. The highest BCUT2D eigenvalue weighted by atomic mass is 32.1. The summed E-state index contributed by atoms with van der Waals surface area (Å²) in [6, 6.07) is 12.0. The second kappa shape index (κ2) is 8.26. The first-order valence-electron chi connectivity index (χ1n) is 10.2. The van der Waals surface area contributed by atoms with Crippen LogP contribution in [0, 0.1) is 0 Å². The largest absolute Gasteiger partial charge is 0.361 e. The summed E-state index contributed by atoms with van der Waals surface area (Å²) < 4.78 is 6.34. The van der Waals surface area contributed by atoms with E-state index in [4.69, 9.17) is 4.74 Å². The van der Waals surface area contributed by atoms with Gasteiger partial charge in [-0.25, -0.2) is 0 Å². The van der Waals surface area contributed by atoms with E-state index in [1.54, 1.807) is 17.5 Å². The number of nitrogens with zero attached hydrogens (tertiary/aromatic N) is 4. The van der Waals surface area contributed by atoms with E-state index in [0.717, 1.165) is 17.8 Å². The minimum atomic E-state index is -0.883. The van der Waals surface area contributed by atoms with Gasteiger partial charge in [0.2, 0.25) is 0 Å². The van der Waals surface area contributed by atoms with Gasteiger partial charge in [-0.1, -0.05) is 12.1 Å². The highest BCUT2D eigenvalue weighted by molar-refractivity contribution is 7.07. The molecule has 154 valence electrons.